The zero-order chi connectivity index (χ0) is 14.1. The third kappa shape index (κ3) is 2.39. The molecule has 2 fully saturated rings. The molecule has 0 aromatic carbocycles. The van der Waals surface area contributed by atoms with Crippen LogP contribution in [0.4, 0.5) is 0 Å². The predicted octanol–water partition coefficient (Wildman–Crippen LogP) is 2.35. The van der Waals surface area contributed by atoms with Gasteiger partial charge in [0.05, 0.1) is 12.7 Å². The molecule has 3 heterocycles. The summed E-state index contributed by atoms with van der Waals surface area (Å²) in [7, 11) is 0.796. The SMILES string of the molecule is COc1ncccc1C(=O)C1CC2CCCC(C1)S2=O. The number of fused-ring (bicyclic) bond motifs is 2. The molecule has 3 rings (SSSR count). The number of methoxy groups -OCH3 is 1. The smallest absolute Gasteiger partial charge is 0.224 e. The molecule has 0 radical (unpaired) electrons. The van der Waals surface area contributed by atoms with Crippen LogP contribution in [-0.2, 0) is 10.8 Å². The van der Waals surface area contributed by atoms with Crippen LogP contribution in [0.15, 0.2) is 18.3 Å². The molecule has 2 bridgehead atoms. The Morgan fingerprint density at radius 1 is 1.35 bits per heavy atom. The molecule has 0 N–H and O–H groups in total. The van der Waals surface area contributed by atoms with Crippen LogP contribution >= 0.6 is 0 Å². The number of aromatic nitrogens is 1. The lowest BCUT2D eigenvalue weighted by atomic mass is 9.84. The van der Waals surface area contributed by atoms with Gasteiger partial charge in [0.25, 0.3) is 0 Å². The molecule has 2 aliphatic rings. The number of hydrogen-bond acceptors (Lipinski definition) is 4. The maximum absolute atomic E-state index is 12.7. The lowest BCUT2D eigenvalue weighted by Gasteiger charge is -2.37. The zero-order valence-corrected chi connectivity index (χ0v) is 12.4. The molecule has 0 amide bonds. The molecule has 2 unspecified atom stereocenters. The average molecular weight is 293 g/mol. The van der Waals surface area contributed by atoms with Gasteiger partial charge in [0, 0.05) is 33.4 Å². The van der Waals surface area contributed by atoms with Crippen LogP contribution in [0.2, 0.25) is 0 Å². The Bertz CT molecular complexity index is 530. The van der Waals surface area contributed by atoms with E-state index in [9.17, 15) is 9.00 Å². The number of carbonyl (C=O) groups excluding carboxylic acids is 1. The van der Waals surface area contributed by atoms with Gasteiger partial charge in [-0.3, -0.25) is 9.00 Å². The third-order valence-corrected chi connectivity index (χ3v) is 6.58. The Labute approximate surface area is 121 Å². The summed E-state index contributed by atoms with van der Waals surface area (Å²) >= 11 is 0. The fraction of sp³-hybridized carbons (Fsp3) is 0.600. The number of carbonyl (C=O) groups is 1. The molecule has 2 atom stereocenters. The van der Waals surface area contributed by atoms with Crippen molar-refractivity contribution >= 4 is 16.6 Å². The number of Topliss-reactive ketones (excluding diaryl/α,β-unsaturated/α-hetero) is 1. The van der Waals surface area contributed by atoms with E-state index in [1.165, 1.54) is 7.11 Å². The second-order valence-electron chi connectivity index (χ2n) is 5.60. The lowest BCUT2D eigenvalue weighted by Crippen LogP contribution is -2.41. The van der Waals surface area contributed by atoms with Gasteiger partial charge in [-0.1, -0.05) is 6.42 Å². The van der Waals surface area contributed by atoms with Gasteiger partial charge in [0.1, 0.15) is 0 Å². The van der Waals surface area contributed by atoms with E-state index < -0.39 is 10.8 Å². The van der Waals surface area contributed by atoms with Gasteiger partial charge in [0.2, 0.25) is 5.88 Å². The van der Waals surface area contributed by atoms with Crippen molar-refractivity contribution in [1.82, 2.24) is 4.98 Å². The number of pyridine rings is 1. The first kappa shape index (κ1) is 13.7. The quantitative estimate of drug-likeness (QED) is 0.803. The van der Waals surface area contributed by atoms with E-state index >= 15 is 0 Å². The molecule has 1 aromatic rings. The summed E-state index contributed by atoms with van der Waals surface area (Å²) in [6.07, 6.45) is 6.27. The number of nitrogens with zero attached hydrogens (tertiary/aromatic N) is 1. The highest BCUT2D eigenvalue weighted by Crippen LogP contribution is 2.38. The zero-order valence-electron chi connectivity index (χ0n) is 11.6. The van der Waals surface area contributed by atoms with Crippen LogP contribution in [0.5, 0.6) is 5.88 Å². The van der Waals surface area contributed by atoms with Crippen LogP contribution in [0.3, 0.4) is 0 Å². The normalized spacial score (nSPS) is 32.6. The van der Waals surface area contributed by atoms with Crippen LogP contribution in [0.1, 0.15) is 42.5 Å². The minimum absolute atomic E-state index is 0.0268. The molecule has 5 heteroatoms. The summed E-state index contributed by atoms with van der Waals surface area (Å²) in [6, 6.07) is 3.53. The molecule has 108 valence electrons. The Hall–Kier alpha value is -1.23. The standard InChI is InChI=1S/C15H19NO3S/c1-19-15-13(6-3-7-16-15)14(17)10-8-11-4-2-5-12(9-10)20(11)18/h3,6-7,10-12H,2,4-5,8-9H2,1H3. The van der Waals surface area contributed by atoms with Crippen molar-refractivity contribution in [2.75, 3.05) is 7.11 Å². The van der Waals surface area contributed by atoms with Crippen molar-refractivity contribution in [1.29, 1.82) is 0 Å². The summed E-state index contributed by atoms with van der Waals surface area (Å²) in [6.45, 7) is 0. The molecule has 2 aliphatic heterocycles. The molecular formula is C15H19NO3S. The predicted molar refractivity (Wildman–Crippen MR) is 77.4 cm³/mol. The van der Waals surface area contributed by atoms with Gasteiger partial charge in [-0.15, -0.1) is 0 Å². The number of ketones is 1. The van der Waals surface area contributed by atoms with Gasteiger partial charge in [-0.05, 0) is 37.8 Å². The van der Waals surface area contributed by atoms with Crippen molar-refractivity contribution < 1.29 is 13.7 Å². The van der Waals surface area contributed by atoms with Crippen molar-refractivity contribution in [3.05, 3.63) is 23.9 Å². The molecule has 20 heavy (non-hydrogen) atoms. The van der Waals surface area contributed by atoms with Crippen molar-refractivity contribution in [3.8, 4) is 5.88 Å². The van der Waals surface area contributed by atoms with E-state index in [1.54, 1.807) is 18.3 Å². The Morgan fingerprint density at radius 3 is 2.70 bits per heavy atom. The highest BCUT2D eigenvalue weighted by molar-refractivity contribution is 7.86. The molecule has 2 saturated heterocycles. The van der Waals surface area contributed by atoms with Crippen molar-refractivity contribution in [3.63, 3.8) is 0 Å². The number of ether oxygens (including phenoxy) is 1. The number of rotatable bonds is 3. The summed E-state index contributed by atoms with van der Waals surface area (Å²) in [5, 5.41) is 0.415. The van der Waals surface area contributed by atoms with Crippen LogP contribution in [0.25, 0.3) is 0 Å². The Kier molecular flexibility index (Phi) is 3.87. The van der Waals surface area contributed by atoms with Crippen molar-refractivity contribution in [2.45, 2.75) is 42.6 Å². The summed E-state index contributed by atoms with van der Waals surface area (Å²) < 4.78 is 17.4. The highest BCUT2D eigenvalue weighted by Gasteiger charge is 2.41. The molecule has 4 nitrogen and oxygen atoms in total. The summed E-state index contributed by atoms with van der Waals surface area (Å²) in [5.74, 6) is 0.471. The minimum Gasteiger partial charge on any atom is -0.480 e. The summed E-state index contributed by atoms with van der Waals surface area (Å²) in [5.41, 5.74) is 0.561. The lowest BCUT2D eigenvalue weighted by molar-refractivity contribution is 0.0891. The molecular weight excluding hydrogens is 274 g/mol. The first-order chi connectivity index (χ1) is 9.70. The van der Waals surface area contributed by atoms with E-state index in [0.29, 0.717) is 11.4 Å². The van der Waals surface area contributed by atoms with Gasteiger partial charge >= 0.3 is 0 Å². The topological polar surface area (TPSA) is 56.3 Å². The summed E-state index contributed by atoms with van der Waals surface area (Å²) in [4.78, 5) is 16.8. The fourth-order valence-electron chi connectivity index (χ4n) is 3.41. The van der Waals surface area contributed by atoms with E-state index in [2.05, 4.69) is 4.98 Å². The molecule has 0 spiro atoms. The first-order valence-corrected chi connectivity index (χ1v) is 8.41. The van der Waals surface area contributed by atoms with Gasteiger partial charge in [-0.25, -0.2) is 4.98 Å². The molecule has 1 aromatic heterocycles. The fourth-order valence-corrected chi connectivity index (χ4v) is 5.60. The average Bonchev–Trinajstić information content (AvgIpc) is 2.46. The maximum Gasteiger partial charge on any atom is 0.224 e. The van der Waals surface area contributed by atoms with Crippen molar-refractivity contribution in [2.24, 2.45) is 5.92 Å². The second-order valence-corrected chi connectivity index (χ2v) is 7.59. The van der Waals surface area contributed by atoms with Gasteiger partial charge in [-0.2, -0.15) is 0 Å². The second kappa shape index (κ2) is 5.64. The maximum atomic E-state index is 12.7. The minimum atomic E-state index is -0.736. The van der Waals surface area contributed by atoms with Gasteiger partial charge in [0.15, 0.2) is 5.78 Å². The van der Waals surface area contributed by atoms with E-state index in [4.69, 9.17) is 4.74 Å². The van der Waals surface area contributed by atoms with E-state index in [0.717, 1.165) is 32.1 Å². The van der Waals surface area contributed by atoms with Gasteiger partial charge < -0.3 is 4.74 Å². The Balaban J connectivity index is 1.83. The third-order valence-electron chi connectivity index (χ3n) is 4.40. The first-order valence-electron chi connectivity index (χ1n) is 7.13. The molecule has 0 saturated carbocycles. The molecule has 0 aliphatic carbocycles. The van der Waals surface area contributed by atoms with Crippen LogP contribution in [0, 0.1) is 5.92 Å². The monoisotopic (exact) mass is 293 g/mol. The Morgan fingerprint density at radius 2 is 2.05 bits per heavy atom. The van der Waals surface area contributed by atoms with E-state index in [-0.39, 0.29) is 22.2 Å². The van der Waals surface area contributed by atoms with E-state index in [1.807, 2.05) is 0 Å². The highest BCUT2D eigenvalue weighted by atomic mass is 32.2. The van der Waals surface area contributed by atoms with Crippen LogP contribution < -0.4 is 4.74 Å². The largest absolute Gasteiger partial charge is 0.480 e. The number of hydrogen-bond donors (Lipinski definition) is 0. The van der Waals surface area contributed by atoms with Crippen LogP contribution in [-0.4, -0.2) is 32.6 Å².